The fourth-order valence-corrected chi connectivity index (χ4v) is 4.64. The van der Waals surface area contributed by atoms with Crippen LogP contribution in [0.15, 0.2) is 42.0 Å². The Kier molecular flexibility index (Phi) is 10.8. The van der Waals surface area contributed by atoms with Gasteiger partial charge in [0.15, 0.2) is 0 Å². The van der Waals surface area contributed by atoms with Crippen LogP contribution in [0.1, 0.15) is 103 Å². The van der Waals surface area contributed by atoms with Gasteiger partial charge in [-0.25, -0.2) is 0 Å². The van der Waals surface area contributed by atoms with Gasteiger partial charge in [0.2, 0.25) is 0 Å². The van der Waals surface area contributed by atoms with Crippen LogP contribution in [0.4, 0.5) is 0 Å². The summed E-state index contributed by atoms with van der Waals surface area (Å²) in [6.07, 6.45) is 22.2. The molecule has 2 rings (SSSR count). The molecule has 26 heavy (non-hydrogen) atoms. The molecular weight excluding hydrogens is 312 g/mol. The van der Waals surface area contributed by atoms with Gasteiger partial charge in [0.05, 0.1) is 0 Å². The second-order valence-electron chi connectivity index (χ2n) is 8.49. The van der Waals surface area contributed by atoms with E-state index in [1.165, 1.54) is 95.5 Å². The molecule has 0 fully saturated rings. The largest absolute Gasteiger partial charge is 0.0848 e. The Morgan fingerprint density at radius 2 is 1.69 bits per heavy atom. The zero-order valence-corrected chi connectivity index (χ0v) is 17.5. The van der Waals surface area contributed by atoms with Gasteiger partial charge in [0.25, 0.3) is 0 Å². The molecule has 1 aromatic rings. The van der Waals surface area contributed by atoms with Gasteiger partial charge in [0, 0.05) is 0 Å². The lowest BCUT2D eigenvalue weighted by Crippen LogP contribution is -2.12. The third-order valence-electron chi connectivity index (χ3n) is 6.29. The molecule has 1 aliphatic rings. The quantitative estimate of drug-likeness (QED) is 0.246. The summed E-state index contributed by atoms with van der Waals surface area (Å²) in [6.45, 7) is 4.66. The minimum Gasteiger partial charge on any atom is -0.0848 e. The maximum absolute atomic E-state index is 2.66. The van der Waals surface area contributed by atoms with Crippen molar-refractivity contribution in [1.82, 2.24) is 0 Å². The van der Waals surface area contributed by atoms with E-state index in [1.807, 2.05) is 5.57 Å². The Hall–Kier alpha value is -1.04. The van der Waals surface area contributed by atoms with Crippen molar-refractivity contribution in [1.29, 1.82) is 0 Å². The molecule has 0 heterocycles. The highest BCUT2D eigenvalue weighted by Crippen LogP contribution is 2.35. The van der Waals surface area contributed by atoms with Crippen molar-refractivity contribution in [2.75, 3.05) is 0 Å². The number of aryl methyl sites for hydroxylation is 1. The van der Waals surface area contributed by atoms with Gasteiger partial charge in [-0.2, -0.15) is 0 Å². The highest BCUT2D eigenvalue weighted by atomic mass is 14.3. The van der Waals surface area contributed by atoms with Gasteiger partial charge < -0.3 is 0 Å². The highest BCUT2D eigenvalue weighted by molar-refractivity contribution is 5.15. The second-order valence-corrected chi connectivity index (χ2v) is 8.49. The van der Waals surface area contributed by atoms with Crippen molar-refractivity contribution >= 4 is 0 Å². The van der Waals surface area contributed by atoms with E-state index in [0.717, 1.165) is 11.8 Å². The Labute approximate surface area is 163 Å². The lowest BCUT2D eigenvalue weighted by atomic mass is 9.78. The molecule has 0 aliphatic heterocycles. The van der Waals surface area contributed by atoms with E-state index in [0.29, 0.717) is 0 Å². The predicted molar refractivity (Wildman–Crippen MR) is 117 cm³/mol. The Balaban J connectivity index is 1.71. The average Bonchev–Trinajstić information content (AvgIpc) is 2.68. The third kappa shape index (κ3) is 8.11. The maximum atomic E-state index is 2.66. The number of allylic oxidation sites excluding steroid dienone is 2. The molecule has 0 bridgehead atoms. The van der Waals surface area contributed by atoms with Crippen molar-refractivity contribution in [3.8, 4) is 0 Å². The number of unbranched alkanes of at least 4 members (excludes halogenated alkanes) is 4. The minimum absolute atomic E-state index is 0.856. The van der Waals surface area contributed by atoms with E-state index in [-0.39, 0.29) is 0 Å². The molecular formula is C26H42. The fraction of sp³-hybridized carbons (Fsp3) is 0.692. The molecule has 0 aromatic heterocycles. The summed E-state index contributed by atoms with van der Waals surface area (Å²) in [7, 11) is 0. The normalized spacial score (nSPS) is 18.5. The van der Waals surface area contributed by atoms with E-state index >= 15 is 0 Å². The molecule has 0 heteroatoms. The Morgan fingerprint density at radius 1 is 0.885 bits per heavy atom. The first-order valence-corrected chi connectivity index (χ1v) is 11.6. The van der Waals surface area contributed by atoms with Crippen LogP contribution >= 0.6 is 0 Å². The molecule has 2 atom stereocenters. The standard InChI is InChI=1S/C26H42/c1-3-5-6-7-9-16-24-19-21-26(22-20-24)25(13-4-2)18-12-17-23-14-10-8-11-15-23/h8,10-11,14-15,21,24-25H,3-7,9,12-13,16-20,22H2,1-2H3. The van der Waals surface area contributed by atoms with Gasteiger partial charge >= 0.3 is 0 Å². The number of rotatable bonds is 13. The topological polar surface area (TPSA) is 0 Å². The van der Waals surface area contributed by atoms with Crippen molar-refractivity contribution in [2.24, 2.45) is 11.8 Å². The van der Waals surface area contributed by atoms with E-state index in [4.69, 9.17) is 0 Å². The summed E-state index contributed by atoms with van der Waals surface area (Å²) in [5.74, 6) is 1.83. The van der Waals surface area contributed by atoms with Crippen LogP contribution in [-0.4, -0.2) is 0 Å². The van der Waals surface area contributed by atoms with Gasteiger partial charge in [-0.3, -0.25) is 0 Å². The van der Waals surface area contributed by atoms with Crippen molar-refractivity contribution in [3.63, 3.8) is 0 Å². The van der Waals surface area contributed by atoms with Gasteiger partial charge in [-0.1, -0.05) is 101 Å². The summed E-state index contributed by atoms with van der Waals surface area (Å²) >= 11 is 0. The molecule has 0 amide bonds. The summed E-state index contributed by atoms with van der Waals surface area (Å²) in [5.41, 5.74) is 3.31. The molecule has 0 spiro atoms. The van der Waals surface area contributed by atoms with E-state index < -0.39 is 0 Å². The van der Waals surface area contributed by atoms with Gasteiger partial charge in [-0.15, -0.1) is 0 Å². The predicted octanol–water partition coefficient (Wildman–Crippen LogP) is 8.51. The minimum atomic E-state index is 0.856. The molecule has 0 nitrogen and oxygen atoms in total. The van der Waals surface area contributed by atoms with Crippen LogP contribution in [0, 0.1) is 11.8 Å². The van der Waals surface area contributed by atoms with Crippen LogP contribution in [0.5, 0.6) is 0 Å². The number of hydrogen-bond acceptors (Lipinski definition) is 0. The molecule has 1 aliphatic carbocycles. The van der Waals surface area contributed by atoms with Crippen LogP contribution < -0.4 is 0 Å². The van der Waals surface area contributed by atoms with Gasteiger partial charge in [-0.05, 0) is 62.3 Å². The van der Waals surface area contributed by atoms with E-state index in [1.54, 1.807) is 0 Å². The van der Waals surface area contributed by atoms with Crippen LogP contribution in [0.3, 0.4) is 0 Å². The lowest BCUT2D eigenvalue weighted by Gasteiger charge is -2.27. The van der Waals surface area contributed by atoms with Gasteiger partial charge in [0.1, 0.15) is 0 Å². The summed E-state index contributed by atoms with van der Waals surface area (Å²) in [5, 5.41) is 0. The van der Waals surface area contributed by atoms with Crippen LogP contribution in [0.2, 0.25) is 0 Å². The van der Waals surface area contributed by atoms with E-state index in [9.17, 15) is 0 Å². The first-order valence-electron chi connectivity index (χ1n) is 11.6. The molecule has 146 valence electrons. The molecule has 0 N–H and O–H groups in total. The number of benzene rings is 1. The zero-order chi connectivity index (χ0) is 18.5. The van der Waals surface area contributed by atoms with Crippen molar-refractivity contribution < 1.29 is 0 Å². The van der Waals surface area contributed by atoms with Crippen molar-refractivity contribution in [2.45, 2.75) is 104 Å². The summed E-state index contributed by atoms with van der Waals surface area (Å²) < 4.78 is 0. The zero-order valence-electron chi connectivity index (χ0n) is 17.5. The SMILES string of the molecule is CCCCCCCC1CC=C(C(CCC)CCCc2ccccc2)CC1. The smallest absolute Gasteiger partial charge is 0.0203 e. The molecule has 0 saturated heterocycles. The maximum Gasteiger partial charge on any atom is -0.0203 e. The van der Waals surface area contributed by atoms with E-state index in [2.05, 4.69) is 50.3 Å². The molecule has 0 radical (unpaired) electrons. The number of hydrogen-bond donors (Lipinski definition) is 0. The molecule has 1 aromatic carbocycles. The lowest BCUT2D eigenvalue weighted by molar-refractivity contribution is 0.384. The van der Waals surface area contributed by atoms with Crippen LogP contribution in [0.25, 0.3) is 0 Å². The Morgan fingerprint density at radius 3 is 2.38 bits per heavy atom. The first kappa shape index (κ1) is 21.3. The molecule has 0 saturated carbocycles. The summed E-state index contributed by atoms with van der Waals surface area (Å²) in [4.78, 5) is 0. The van der Waals surface area contributed by atoms with Crippen molar-refractivity contribution in [3.05, 3.63) is 47.5 Å². The third-order valence-corrected chi connectivity index (χ3v) is 6.29. The monoisotopic (exact) mass is 354 g/mol. The second kappa shape index (κ2) is 13.2. The highest BCUT2D eigenvalue weighted by Gasteiger charge is 2.19. The molecule has 2 unspecified atom stereocenters. The van der Waals surface area contributed by atoms with Crippen LogP contribution in [-0.2, 0) is 6.42 Å². The Bertz CT molecular complexity index is 484. The first-order chi connectivity index (χ1) is 12.8. The fourth-order valence-electron chi connectivity index (χ4n) is 4.64. The average molecular weight is 355 g/mol. The summed E-state index contributed by atoms with van der Waals surface area (Å²) in [6, 6.07) is 11.0.